The number of rotatable bonds is 4. The summed E-state index contributed by atoms with van der Waals surface area (Å²) in [5.41, 5.74) is 1.36. The van der Waals surface area contributed by atoms with Gasteiger partial charge in [-0.2, -0.15) is 0 Å². The molecule has 0 saturated heterocycles. The van der Waals surface area contributed by atoms with Gasteiger partial charge in [0.25, 0.3) is 5.91 Å². The van der Waals surface area contributed by atoms with Crippen molar-refractivity contribution in [2.24, 2.45) is 0 Å². The fourth-order valence-corrected chi connectivity index (χ4v) is 1.89. The van der Waals surface area contributed by atoms with E-state index in [9.17, 15) is 4.79 Å². The summed E-state index contributed by atoms with van der Waals surface area (Å²) in [5, 5.41) is 3.05. The number of carbonyl (C=O) groups excluding carboxylic acids is 1. The number of halogens is 1. The van der Waals surface area contributed by atoms with E-state index in [0.717, 1.165) is 5.69 Å². The van der Waals surface area contributed by atoms with Crippen molar-refractivity contribution in [2.75, 3.05) is 19.5 Å². The number of methoxy groups -OCH3 is 2. The van der Waals surface area contributed by atoms with E-state index < -0.39 is 5.91 Å². The summed E-state index contributed by atoms with van der Waals surface area (Å²) in [6.07, 6.45) is 2.93. The van der Waals surface area contributed by atoms with Crippen LogP contribution in [0.15, 0.2) is 24.5 Å². The van der Waals surface area contributed by atoms with Crippen LogP contribution < -0.4 is 14.8 Å². The fourth-order valence-electron chi connectivity index (χ4n) is 1.65. The Hall–Kier alpha value is -2.34. The first-order valence-corrected chi connectivity index (χ1v) is 6.44. The van der Waals surface area contributed by atoms with Crippen molar-refractivity contribution in [3.8, 4) is 11.5 Å². The SMILES string of the molecule is COc1cc(OC)c(NC(=O)c2cnc(C)cn2)cc1Cl. The molecule has 1 N–H and O–H groups in total. The first kappa shape index (κ1) is 15.1. The number of benzene rings is 1. The molecular weight excluding hydrogens is 294 g/mol. The van der Waals surface area contributed by atoms with Crippen molar-refractivity contribution >= 4 is 23.2 Å². The van der Waals surface area contributed by atoms with Gasteiger partial charge in [0.15, 0.2) is 0 Å². The molecule has 1 aromatic carbocycles. The summed E-state index contributed by atoms with van der Waals surface area (Å²) < 4.78 is 10.3. The molecule has 1 aromatic heterocycles. The molecule has 0 spiro atoms. The lowest BCUT2D eigenvalue weighted by Gasteiger charge is -2.12. The Balaban J connectivity index is 2.28. The average molecular weight is 308 g/mol. The summed E-state index contributed by atoms with van der Waals surface area (Å²) in [4.78, 5) is 20.2. The van der Waals surface area contributed by atoms with E-state index in [4.69, 9.17) is 21.1 Å². The number of aromatic nitrogens is 2. The summed E-state index contributed by atoms with van der Waals surface area (Å²) in [7, 11) is 2.99. The van der Waals surface area contributed by atoms with Crippen LogP contribution in [0.4, 0.5) is 5.69 Å². The highest BCUT2D eigenvalue weighted by Gasteiger charge is 2.14. The number of carbonyl (C=O) groups is 1. The Labute approximate surface area is 127 Å². The number of nitrogens with one attached hydrogen (secondary N) is 1. The van der Waals surface area contributed by atoms with Crippen molar-refractivity contribution in [1.29, 1.82) is 0 Å². The van der Waals surface area contributed by atoms with Crippen LogP contribution in [0, 0.1) is 6.92 Å². The predicted octanol–water partition coefficient (Wildman–Crippen LogP) is 2.71. The van der Waals surface area contributed by atoms with Crippen LogP contribution in [0.25, 0.3) is 0 Å². The van der Waals surface area contributed by atoms with Crippen molar-refractivity contribution in [2.45, 2.75) is 6.92 Å². The summed E-state index contributed by atoms with van der Waals surface area (Å²) in [5.74, 6) is 0.494. The first-order valence-electron chi connectivity index (χ1n) is 6.06. The molecule has 0 aliphatic carbocycles. The second kappa shape index (κ2) is 6.41. The molecule has 0 radical (unpaired) electrons. The number of ether oxygens (including phenoxy) is 2. The number of hydrogen-bond acceptors (Lipinski definition) is 5. The van der Waals surface area contributed by atoms with Gasteiger partial charge in [-0.25, -0.2) is 4.98 Å². The van der Waals surface area contributed by atoms with Crippen molar-refractivity contribution in [1.82, 2.24) is 9.97 Å². The number of nitrogens with zero attached hydrogens (tertiary/aromatic N) is 2. The monoisotopic (exact) mass is 307 g/mol. The first-order chi connectivity index (χ1) is 10.0. The highest BCUT2D eigenvalue weighted by molar-refractivity contribution is 6.32. The van der Waals surface area contributed by atoms with Crippen molar-refractivity contribution in [3.63, 3.8) is 0 Å². The van der Waals surface area contributed by atoms with Gasteiger partial charge in [-0.1, -0.05) is 11.6 Å². The van der Waals surface area contributed by atoms with Crippen LogP contribution in [0.2, 0.25) is 5.02 Å². The Morgan fingerprint density at radius 1 is 1.14 bits per heavy atom. The van der Waals surface area contributed by atoms with Gasteiger partial charge in [0.05, 0.1) is 36.8 Å². The molecule has 0 unspecified atom stereocenters. The number of hydrogen-bond donors (Lipinski definition) is 1. The molecule has 6 nitrogen and oxygen atoms in total. The molecule has 0 aliphatic heterocycles. The van der Waals surface area contributed by atoms with Crippen molar-refractivity contribution < 1.29 is 14.3 Å². The lowest BCUT2D eigenvalue weighted by molar-refractivity contribution is 0.102. The van der Waals surface area contributed by atoms with Gasteiger partial charge in [0.2, 0.25) is 0 Å². The smallest absolute Gasteiger partial charge is 0.275 e. The minimum absolute atomic E-state index is 0.203. The Bertz CT molecular complexity index is 659. The molecule has 0 bridgehead atoms. The molecule has 2 rings (SSSR count). The fraction of sp³-hybridized carbons (Fsp3) is 0.214. The third-order valence-corrected chi connectivity index (χ3v) is 3.03. The van der Waals surface area contributed by atoms with Crippen LogP contribution in [-0.4, -0.2) is 30.1 Å². The molecular formula is C14H14ClN3O3. The molecule has 2 aromatic rings. The van der Waals surface area contributed by atoms with Gasteiger partial charge < -0.3 is 14.8 Å². The molecule has 0 saturated carbocycles. The zero-order chi connectivity index (χ0) is 15.4. The normalized spacial score (nSPS) is 10.1. The quantitative estimate of drug-likeness (QED) is 0.940. The summed E-state index contributed by atoms with van der Waals surface area (Å²) in [6.45, 7) is 1.79. The Kier molecular flexibility index (Phi) is 4.59. The van der Waals surface area contributed by atoms with Crippen LogP contribution >= 0.6 is 11.6 Å². The maximum Gasteiger partial charge on any atom is 0.275 e. The van der Waals surface area contributed by atoms with Gasteiger partial charge in [-0.05, 0) is 13.0 Å². The number of aryl methyl sites for hydroxylation is 1. The van der Waals surface area contributed by atoms with Crippen molar-refractivity contribution in [3.05, 3.63) is 40.9 Å². The molecule has 1 heterocycles. The number of anilines is 1. The minimum Gasteiger partial charge on any atom is -0.495 e. The zero-order valence-electron chi connectivity index (χ0n) is 11.8. The molecule has 0 fully saturated rings. The van der Waals surface area contributed by atoms with Crippen LogP contribution in [0.1, 0.15) is 16.2 Å². The topological polar surface area (TPSA) is 73.3 Å². The van der Waals surface area contributed by atoms with E-state index >= 15 is 0 Å². The lowest BCUT2D eigenvalue weighted by atomic mass is 10.2. The van der Waals surface area contributed by atoms with Gasteiger partial charge in [-0.15, -0.1) is 0 Å². The zero-order valence-corrected chi connectivity index (χ0v) is 12.6. The second-order valence-corrected chi connectivity index (χ2v) is 4.59. The van der Waals surface area contributed by atoms with Gasteiger partial charge in [-0.3, -0.25) is 9.78 Å². The second-order valence-electron chi connectivity index (χ2n) is 4.18. The lowest BCUT2D eigenvalue weighted by Crippen LogP contribution is -2.15. The van der Waals surface area contributed by atoms with Crippen LogP contribution in [0.3, 0.4) is 0 Å². The van der Waals surface area contributed by atoms with E-state index in [2.05, 4.69) is 15.3 Å². The van der Waals surface area contributed by atoms with E-state index in [0.29, 0.717) is 22.2 Å². The van der Waals surface area contributed by atoms with Crippen LogP contribution in [-0.2, 0) is 0 Å². The summed E-state index contributed by atoms with van der Waals surface area (Å²) >= 11 is 6.05. The molecule has 7 heteroatoms. The summed E-state index contributed by atoms with van der Waals surface area (Å²) in [6, 6.07) is 3.15. The Morgan fingerprint density at radius 2 is 1.86 bits per heavy atom. The Morgan fingerprint density at radius 3 is 2.43 bits per heavy atom. The molecule has 21 heavy (non-hydrogen) atoms. The van der Waals surface area contributed by atoms with Crippen LogP contribution in [0.5, 0.6) is 11.5 Å². The highest BCUT2D eigenvalue weighted by atomic mass is 35.5. The molecule has 1 amide bonds. The standard InChI is InChI=1S/C14H14ClN3O3/c1-8-6-17-11(7-16-8)14(19)18-10-4-9(15)12(20-2)5-13(10)21-3/h4-7H,1-3H3,(H,18,19). The van der Waals surface area contributed by atoms with Gasteiger partial charge in [0.1, 0.15) is 17.2 Å². The predicted molar refractivity (Wildman–Crippen MR) is 79.3 cm³/mol. The molecule has 110 valence electrons. The highest BCUT2D eigenvalue weighted by Crippen LogP contribution is 2.35. The van der Waals surface area contributed by atoms with E-state index in [1.54, 1.807) is 19.1 Å². The number of amides is 1. The molecule has 0 aliphatic rings. The maximum absolute atomic E-state index is 12.1. The van der Waals surface area contributed by atoms with E-state index in [1.165, 1.54) is 26.6 Å². The third-order valence-electron chi connectivity index (χ3n) is 2.74. The molecule has 0 atom stereocenters. The maximum atomic E-state index is 12.1. The van der Waals surface area contributed by atoms with Gasteiger partial charge >= 0.3 is 0 Å². The average Bonchev–Trinajstić information content (AvgIpc) is 2.48. The van der Waals surface area contributed by atoms with Gasteiger partial charge in [0, 0.05) is 12.3 Å². The van der Waals surface area contributed by atoms with E-state index in [1.807, 2.05) is 0 Å². The minimum atomic E-state index is -0.401. The third kappa shape index (κ3) is 3.41. The van der Waals surface area contributed by atoms with E-state index in [-0.39, 0.29) is 5.69 Å². The largest absolute Gasteiger partial charge is 0.495 e.